The molecule has 116 valence electrons. The molecular formula is C14H11Cl3N2O2S. The molecule has 0 bridgehead atoms. The van der Waals surface area contributed by atoms with Crippen LogP contribution >= 0.6 is 46.6 Å². The molecule has 2 rings (SSSR count). The summed E-state index contributed by atoms with van der Waals surface area (Å²) in [5.74, 6) is -0.297. The third-order valence-electron chi connectivity index (χ3n) is 2.72. The van der Waals surface area contributed by atoms with Gasteiger partial charge in [0.1, 0.15) is 0 Å². The van der Waals surface area contributed by atoms with E-state index in [0.29, 0.717) is 30.5 Å². The minimum absolute atomic E-state index is 0.290. The third-order valence-corrected chi connectivity index (χ3v) is 4.88. The number of halogens is 3. The highest BCUT2D eigenvalue weighted by molar-refractivity contribution is 8.00. The van der Waals surface area contributed by atoms with Gasteiger partial charge in [0.15, 0.2) is 6.20 Å². The van der Waals surface area contributed by atoms with Gasteiger partial charge in [0.25, 0.3) is 5.03 Å². The second kappa shape index (κ2) is 7.42. The fraction of sp³-hybridized carbons (Fsp3) is 0.143. The zero-order valence-electron chi connectivity index (χ0n) is 11.3. The largest absolute Gasteiger partial charge is 0.618 e. The highest BCUT2D eigenvalue weighted by Crippen LogP contribution is 2.32. The number of benzene rings is 1. The molecular weight excluding hydrogens is 367 g/mol. The zero-order chi connectivity index (χ0) is 16.3. The Morgan fingerprint density at radius 1 is 1.23 bits per heavy atom. The van der Waals surface area contributed by atoms with Crippen LogP contribution in [0.4, 0.5) is 5.69 Å². The first-order valence-corrected chi connectivity index (χ1v) is 8.20. The Kier molecular flexibility index (Phi) is 5.81. The second-order valence-electron chi connectivity index (χ2n) is 4.36. The summed E-state index contributed by atoms with van der Waals surface area (Å²) >= 11 is 18.9. The maximum atomic E-state index is 12.2. The van der Waals surface area contributed by atoms with Crippen LogP contribution in [0.15, 0.2) is 41.6 Å². The monoisotopic (exact) mass is 376 g/mol. The number of pyridine rings is 1. The lowest BCUT2D eigenvalue weighted by atomic mass is 10.3. The lowest BCUT2D eigenvalue weighted by molar-refractivity contribution is -0.645. The number of rotatable bonds is 4. The van der Waals surface area contributed by atoms with Crippen LogP contribution in [-0.4, -0.2) is 11.2 Å². The topological polar surface area (TPSA) is 56.0 Å². The average Bonchev–Trinajstić information content (AvgIpc) is 2.47. The van der Waals surface area contributed by atoms with E-state index in [2.05, 4.69) is 5.32 Å². The molecule has 1 heterocycles. The van der Waals surface area contributed by atoms with E-state index in [4.69, 9.17) is 34.8 Å². The molecule has 1 atom stereocenters. The molecule has 8 heteroatoms. The van der Waals surface area contributed by atoms with Crippen LogP contribution in [0.25, 0.3) is 0 Å². The van der Waals surface area contributed by atoms with Gasteiger partial charge < -0.3 is 10.5 Å². The van der Waals surface area contributed by atoms with Crippen LogP contribution in [-0.2, 0) is 4.79 Å². The molecule has 0 spiro atoms. The summed E-state index contributed by atoms with van der Waals surface area (Å²) in [6.07, 6.45) is 1.38. The first kappa shape index (κ1) is 17.2. The second-order valence-corrected chi connectivity index (χ2v) is 6.94. The predicted molar refractivity (Wildman–Crippen MR) is 90.8 cm³/mol. The number of carbonyl (C=O) groups is 1. The summed E-state index contributed by atoms with van der Waals surface area (Å²) in [5.41, 5.74) is 0.372. The Labute approximate surface area is 147 Å². The fourth-order valence-electron chi connectivity index (χ4n) is 1.59. The zero-order valence-corrected chi connectivity index (χ0v) is 14.4. The van der Waals surface area contributed by atoms with Gasteiger partial charge >= 0.3 is 0 Å². The fourth-order valence-corrected chi connectivity index (χ4v) is 3.04. The molecule has 1 amide bonds. The Balaban J connectivity index is 2.09. The Morgan fingerprint density at radius 2 is 1.91 bits per heavy atom. The van der Waals surface area contributed by atoms with E-state index in [9.17, 15) is 10.0 Å². The number of nitrogens with zero attached hydrogens (tertiary/aromatic N) is 1. The molecule has 0 aliphatic carbocycles. The van der Waals surface area contributed by atoms with Crippen molar-refractivity contribution in [1.82, 2.24) is 0 Å². The first-order chi connectivity index (χ1) is 10.4. The van der Waals surface area contributed by atoms with E-state index in [1.807, 2.05) is 0 Å². The number of carbonyl (C=O) groups excluding carboxylic acids is 1. The van der Waals surface area contributed by atoms with E-state index >= 15 is 0 Å². The lowest BCUT2D eigenvalue weighted by Crippen LogP contribution is -2.30. The van der Waals surface area contributed by atoms with Crippen molar-refractivity contribution in [3.05, 3.63) is 56.8 Å². The van der Waals surface area contributed by atoms with Crippen molar-refractivity contribution in [2.24, 2.45) is 0 Å². The molecule has 0 radical (unpaired) electrons. The van der Waals surface area contributed by atoms with Gasteiger partial charge in [-0.1, -0.05) is 34.8 Å². The van der Waals surface area contributed by atoms with Crippen LogP contribution in [0.3, 0.4) is 0 Å². The summed E-state index contributed by atoms with van der Waals surface area (Å²) < 4.78 is 0.709. The molecule has 0 fully saturated rings. The van der Waals surface area contributed by atoms with Crippen molar-refractivity contribution < 1.29 is 9.52 Å². The number of anilines is 1. The molecule has 2 aromatic rings. The van der Waals surface area contributed by atoms with Crippen LogP contribution in [0, 0.1) is 5.21 Å². The molecule has 0 unspecified atom stereocenters. The van der Waals surface area contributed by atoms with Crippen molar-refractivity contribution >= 4 is 58.2 Å². The number of amides is 1. The van der Waals surface area contributed by atoms with E-state index in [0.717, 1.165) is 11.8 Å². The summed E-state index contributed by atoms with van der Waals surface area (Å²) in [6.45, 7) is 1.69. The maximum absolute atomic E-state index is 12.2. The van der Waals surface area contributed by atoms with Crippen LogP contribution < -0.4 is 10.0 Å². The molecule has 1 N–H and O–H groups in total. The molecule has 22 heavy (non-hydrogen) atoms. The smallest absolute Gasteiger partial charge is 0.252 e. The average molecular weight is 378 g/mol. The quantitative estimate of drug-likeness (QED) is 0.372. The Hall–Kier alpha value is -1.14. The number of hydrogen-bond acceptors (Lipinski definition) is 3. The van der Waals surface area contributed by atoms with Crippen LogP contribution in [0.5, 0.6) is 0 Å². The van der Waals surface area contributed by atoms with Gasteiger partial charge in [-0.15, -0.1) is 0 Å². The third kappa shape index (κ3) is 4.20. The SMILES string of the molecule is C[C@H](Sc1cccc[n+]1[O-])C(=O)Nc1cc(Cl)c(Cl)cc1Cl. The molecule has 0 aliphatic heterocycles. The van der Waals surface area contributed by atoms with E-state index in [1.165, 1.54) is 18.3 Å². The predicted octanol–water partition coefficient (Wildman–Crippen LogP) is 4.40. The van der Waals surface area contributed by atoms with E-state index in [-0.39, 0.29) is 5.91 Å². The van der Waals surface area contributed by atoms with Crippen molar-refractivity contribution in [1.29, 1.82) is 0 Å². The Morgan fingerprint density at radius 3 is 2.59 bits per heavy atom. The molecule has 1 aromatic carbocycles. The molecule has 1 aromatic heterocycles. The minimum atomic E-state index is -0.492. The van der Waals surface area contributed by atoms with Gasteiger partial charge in [0.05, 0.1) is 26.0 Å². The standard InChI is InChI=1S/C14H11Cl3N2O2S/c1-8(22-13-4-2-3-5-19(13)21)14(20)18-12-7-10(16)9(15)6-11(12)17/h2-8H,1H3,(H,18,20)/t8-/m0/s1. The number of nitrogens with one attached hydrogen (secondary N) is 1. The maximum Gasteiger partial charge on any atom is 0.252 e. The minimum Gasteiger partial charge on any atom is -0.618 e. The summed E-state index contributed by atoms with van der Waals surface area (Å²) in [7, 11) is 0. The van der Waals surface area contributed by atoms with Gasteiger partial charge in [0, 0.05) is 12.1 Å². The highest BCUT2D eigenvalue weighted by Gasteiger charge is 2.20. The van der Waals surface area contributed by atoms with Crippen molar-refractivity contribution in [3.8, 4) is 0 Å². The number of aromatic nitrogens is 1. The number of thioether (sulfide) groups is 1. The summed E-state index contributed by atoms with van der Waals surface area (Å²) in [5, 5.41) is 15.1. The van der Waals surface area contributed by atoms with Gasteiger partial charge in [0.2, 0.25) is 5.91 Å². The van der Waals surface area contributed by atoms with Gasteiger partial charge in [-0.2, -0.15) is 4.73 Å². The summed E-state index contributed by atoms with van der Waals surface area (Å²) in [6, 6.07) is 7.95. The normalized spacial score (nSPS) is 12.0. The summed E-state index contributed by atoms with van der Waals surface area (Å²) in [4.78, 5) is 12.2. The number of hydrogen-bond donors (Lipinski definition) is 1. The molecule has 0 saturated heterocycles. The van der Waals surface area contributed by atoms with Crippen LogP contribution in [0.2, 0.25) is 15.1 Å². The van der Waals surface area contributed by atoms with Gasteiger partial charge in [-0.3, -0.25) is 4.79 Å². The van der Waals surface area contributed by atoms with Crippen molar-refractivity contribution in [2.75, 3.05) is 5.32 Å². The molecule has 0 saturated carbocycles. The first-order valence-electron chi connectivity index (χ1n) is 6.18. The van der Waals surface area contributed by atoms with E-state index in [1.54, 1.807) is 25.1 Å². The van der Waals surface area contributed by atoms with E-state index < -0.39 is 5.25 Å². The van der Waals surface area contributed by atoms with Gasteiger partial charge in [-0.05, 0) is 36.9 Å². The lowest BCUT2D eigenvalue weighted by Gasteiger charge is -2.13. The molecule has 4 nitrogen and oxygen atoms in total. The van der Waals surface area contributed by atoms with Gasteiger partial charge in [-0.25, -0.2) is 0 Å². The Bertz CT molecular complexity index is 712. The highest BCUT2D eigenvalue weighted by atomic mass is 35.5. The molecule has 0 aliphatic rings. The van der Waals surface area contributed by atoms with Crippen molar-refractivity contribution in [2.45, 2.75) is 17.2 Å². The van der Waals surface area contributed by atoms with Crippen molar-refractivity contribution in [3.63, 3.8) is 0 Å². The van der Waals surface area contributed by atoms with Crippen LogP contribution in [0.1, 0.15) is 6.92 Å².